The molecule has 3 rings (SSSR count). The lowest BCUT2D eigenvalue weighted by Crippen LogP contribution is -2.05. The molecule has 0 aliphatic rings. The van der Waals surface area contributed by atoms with Crippen LogP contribution in [0.5, 0.6) is 0 Å². The molecule has 0 spiro atoms. The second kappa shape index (κ2) is 8.38. The Balaban J connectivity index is 1.72. The Morgan fingerprint density at radius 1 is 1.12 bits per heavy atom. The van der Waals surface area contributed by atoms with Crippen molar-refractivity contribution in [3.8, 4) is 11.4 Å². The average Bonchev–Trinajstić information content (AvgIpc) is 3.04. The summed E-state index contributed by atoms with van der Waals surface area (Å²) in [6.07, 6.45) is 0. The van der Waals surface area contributed by atoms with Gasteiger partial charge in [0, 0.05) is 35.5 Å². The van der Waals surface area contributed by atoms with Crippen molar-refractivity contribution in [2.24, 2.45) is 0 Å². The Morgan fingerprint density at radius 2 is 1.81 bits per heavy atom. The van der Waals surface area contributed by atoms with E-state index in [2.05, 4.69) is 27.0 Å². The number of nitrogens with zero attached hydrogens (tertiary/aromatic N) is 3. The number of hydrogen-bond donors (Lipinski definition) is 1. The molecule has 0 atom stereocenters. The minimum absolute atomic E-state index is 0.0714. The van der Waals surface area contributed by atoms with Crippen LogP contribution in [0.4, 0.5) is 5.69 Å². The van der Waals surface area contributed by atoms with E-state index in [0.717, 1.165) is 40.1 Å². The molecule has 1 N–H and O–H groups in total. The van der Waals surface area contributed by atoms with Crippen molar-refractivity contribution in [1.29, 1.82) is 0 Å². The van der Waals surface area contributed by atoms with Crippen LogP contribution in [-0.2, 0) is 17.1 Å². The van der Waals surface area contributed by atoms with E-state index in [9.17, 15) is 4.79 Å². The minimum atomic E-state index is -0.0714. The van der Waals surface area contributed by atoms with Gasteiger partial charge in [-0.2, -0.15) is 0 Å². The molecule has 0 saturated carbocycles. The summed E-state index contributed by atoms with van der Waals surface area (Å²) in [7, 11) is 0. The first-order valence-electron chi connectivity index (χ1n) is 8.25. The number of carbonyl (C=O) groups is 1. The Hall–Kier alpha value is -2.31. The number of rotatable bonds is 6. The van der Waals surface area contributed by atoms with Crippen LogP contribution < -0.4 is 5.32 Å². The number of thioether (sulfide) groups is 1. The molecule has 3 aromatic rings. The molecule has 1 amide bonds. The maximum Gasteiger partial charge on any atom is 0.221 e. The summed E-state index contributed by atoms with van der Waals surface area (Å²) in [5.41, 5.74) is 2.95. The van der Waals surface area contributed by atoms with Crippen LogP contribution in [0, 0.1) is 0 Å². The lowest BCUT2D eigenvalue weighted by atomic mass is 10.2. The third-order valence-electron chi connectivity index (χ3n) is 3.78. The zero-order valence-corrected chi connectivity index (χ0v) is 16.1. The molecule has 0 aliphatic heterocycles. The van der Waals surface area contributed by atoms with Crippen molar-refractivity contribution in [2.75, 3.05) is 5.32 Å². The molecule has 1 heterocycles. The highest BCUT2D eigenvalue weighted by atomic mass is 35.5. The molecule has 0 unspecified atom stereocenters. The van der Waals surface area contributed by atoms with E-state index in [-0.39, 0.29) is 5.91 Å². The first kappa shape index (κ1) is 18.5. The van der Waals surface area contributed by atoms with Crippen molar-refractivity contribution < 1.29 is 4.79 Å². The summed E-state index contributed by atoms with van der Waals surface area (Å²) in [6, 6.07) is 15.4. The normalized spacial score (nSPS) is 10.7. The third-order valence-corrected chi connectivity index (χ3v) is 5.07. The number of benzene rings is 2. The van der Waals surface area contributed by atoms with Crippen LogP contribution >= 0.6 is 23.4 Å². The van der Waals surface area contributed by atoms with Gasteiger partial charge in [0.1, 0.15) is 0 Å². The first-order valence-corrected chi connectivity index (χ1v) is 9.61. The topological polar surface area (TPSA) is 59.8 Å². The fourth-order valence-corrected chi connectivity index (χ4v) is 3.61. The molecule has 134 valence electrons. The number of halogens is 1. The van der Waals surface area contributed by atoms with Crippen LogP contribution in [0.2, 0.25) is 5.02 Å². The number of amides is 1. The van der Waals surface area contributed by atoms with E-state index in [1.54, 1.807) is 11.8 Å². The van der Waals surface area contributed by atoms with E-state index in [1.165, 1.54) is 6.92 Å². The molecule has 0 aliphatic carbocycles. The number of hydrogen-bond acceptors (Lipinski definition) is 4. The predicted octanol–water partition coefficient (Wildman–Crippen LogP) is 4.87. The van der Waals surface area contributed by atoms with E-state index >= 15 is 0 Å². The Morgan fingerprint density at radius 3 is 2.42 bits per heavy atom. The zero-order valence-electron chi connectivity index (χ0n) is 14.6. The zero-order chi connectivity index (χ0) is 18.5. The summed E-state index contributed by atoms with van der Waals surface area (Å²) in [5.74, 6) is 1.55. The van der Waals surface area contributed by atoms with E-state index in [4.69, 9.17) is 11.6 Å². The highest BCUT2D eigenvalue weighted by molar-refractivity contribution is 7.98. The second-order valence-electron chi connectivity index (χ2n) is 5.72. The highest BCUT2D eigenvalue weighted by Crippen LogP contribution is 2.27. The van der Waals surface area contributed by atoms with Crippen molar-refractivity contribution >= 4 is 35.0 Å². The van der Waals surface area contributed by atoms with E-state index < -0.39 is 0 Å². The Bertz CT molecular complexity index is 891. The van der Waals surface area contributed by atoms with Crippen LogP contribution in [0.1, 0.15) is 19.4 Å². The van der Waals surface area contributed by atoms with Gasteiger partial charge in [-0.05, 0) is 48.9 Å². The van der Waals surface area contributed by atoms with Gasteiger partial charge >= 0.3 is 0 Å². The van der Waals surface area contributed by atoms with Crippen LogP contribution in [-0.4, -0.2) is 20.7 Å². The maximum absolute atomic E-state index is 11.1. The van der Waals surface area contributed by atoms with E-state index in [1.807, 2.05) is 48.5 Å². The van der Waals surface area contributed by atoms with Gasteiger partial charge in [0.25, 0.3) is 0 Å². The molecule has 0 bridgehead atoms. The molecule has 26 heavy (non-hydrogen) atoms. The predicted molar refractivity (Wildman–Crippen MR) is 106 cm³/mol. The van der Waals surface area contributed by atoms with Crippen LogP contribution in [0.25, 0.3) is 11.4 Å². The molecule has 1 aromatic heterocycles. The lowest BCUT2D eigenvalue weighted by molar-refractivity contribution is -0.114. The quantitative estimate of drug-likeness (QED) is 0.614. The largest absolute Gasteiger partial charge is 0.326 e. The smallest absolute Gasteiger partial charge is 0.221 e. The molecule has 5 nitrogen and oxygen atoms in total. The monoisotopic (exact) mass is 386 g/mol. The summed E-state index contributed by atoms with van der Waals surface area (Å²) in [6.45, 7) is 4.36. The fourth-order valence-electron chi connectivity index (χ4n) is 2.53. The van der Waals surface area contributed by atoms with Crippen LogP contribution in [0.3, 0.4) is 0 Å². The van der Waals surface area contributed by atoms with Crippen molar-refractivity contribution in [1.82, 2.24) is 14.8 Å². The third kappa shape index (κ3) is 4.45. The summed E-state index contributed by atoms with van der Waals surface area (Å²) in [4.78, 5) is 11.1. The molecule has 0 radical (unpaired) electrons. The average molecular weight is 387 g/mol. The van der Waals surface area contributed by atoms with Crippen molar-refractivity contribution in [3.05, 3.63) is 59.1 Å². The molecular weight excluding hydrogens is 368 g/mol. The molecule has 7 heteroatoms. The van der Waals surface area contributed by atoms with Gasteiger partial charge in [-0.15, -0.1) is 10.2 Å². The number of anilines is 1. The first-order chi connectivity index (χ1) is 12.6. The standard InChI is InChI=1S/C19H19ClN4OS/c1-3-24-18(15-6-8-16(20)9-7-15)22-23-19(24)26-12-14-4-10-17(11-5-14)21-13(2)25/h4-11H,3,12H2,1-2H3,(H,21,25). The molecule has 2 aromatic carbocycles. The number of nitrogens with one attached hydrogen (secondary N) is 1. The molecule has 0 saturated heterocycles. The van der Waals surface area contributed by atoms with Crippen molar-refractivity contribution in [3.63, 3.8) is 0 Å². The second-order valence-corrected chi connectivity index (χ2v) is 7.10. The van der Waals surface area contributed by atoms with Crippen LogP contribution in [0.15, 0.2) is 53.7 Å². The molecule has 0 fully saturated rings. The maximum atomic E-state index is 11.1. The van der Waals surface area contributed by atoms with Gasteiger partial charge < -0.3 is 9.88 Å². The number of carbonyl (C=O) groups excluding carboxylic acids is 1. The SMILES string of the molecule is CCn1c(SCc2ccc(NC(C)=O)cc2)nnc1-c1ccc(Cl)cc1. The highest BCUT2D eigenvalue weighted by Gasteiger charge is 2.13. The summed E-state index contributed by atoms with van der Waals surface area (Å²) < 4.78 is 2.10. The molecular formula is C19H19ClN4OS. The Labute approximate surface area is 161 Å². The fraction of sp³-hybridized carbons (Fsp3) is 0.211. The van der Waals surface area contributed by atoms with E-state index in [0.29, 0.717) is 5.02 Å². The van der Waals surface area contributed by atoms with Gasteiger partial charge in [-0.3, -0.25) is 4.79 Å². The van der Waals surface area contributed by atoms with Gasteiger partial charge in [0.15, 0.2) is 11.0 Å². The number of aromatic nitrogens is 3. The summed E-state index contributed by atoms with van der Waals surface area (Å²) in [5, 5.41) is 13.0. The lowest BCUT2D eigenvalue weighted by Gasteiger charge is -2.08. The van der Waals surface area contributed by atoms with Gasteiger partial charge in [0.05, 0.1) is 0 Å². The summed E-state index contributed by atoms with van der Waals surface area (Å²) >= 11 is 7.60. The van der Waals surface area contributed by atoms with Crippen molar-refractivity contribution in [2.45, 2.75) is 31.3 Å². The van der Waals surface area contributed by atoms with Gasteiger partial charge in [-0.1, -0.05) is 35.5 Å². The minimum Gasteiger partial charge on any atom is -0.326 e. The Kier molecular flexibility index (Phi) is 5.96. The van der Waals surface area contributed by atoms with Gasteiger partial charge in [0.2, 0.25) is 5.91 Å². The van der Waals surface area contributed by atoms with Gasteiger partial charge in [-0.25, -0.2) is 0 Å².